The molecule has 4 nitrogen and oxygen atoms in total. The molecule has 3 aromatic rings. The Labute approximate surface area is 166 Å². The van der Waals surface area contributed by atoms with Crippen LogP contribution in [0.25, 0.3) is 16.6 Å². The van der Waals surface area contributed by atoms with E-state index >= 15 is 0 Å². The summed E-state index contributed by atoms with van der Waals surface area (Å²) < 4.78 is 0. The van der Waals surface area contributed by atoms with E-state index in [0.717, 1.165) is 16.1 Å². The third kappa shape index (κ3) is 4.82. The molecule has 134 valence electrons. The zero-order valence-electron chi connectivity index (χ0n) is 14.5. The number of nitrogens with zero attached hydrogens (tertiary/aromatic N) is 2. The lowest BCUT2D eigenvalue weighted by Gasteiger charge is -2.13. The molecule has 1 aromatic heterocycles. The third-order valence-electron chi connectivity index (χ3n) is 3.92. The monoisotopic (exact) mass is 393 g/mol. The Morgan fingerprint density at radius 3 is 2.59 bits per heavy atom. The Balaban J connectivity index is 1.75. The molecule has 27 heavy (non-hydrogen) atoms. The van der Waals surface area contributed by atoms with Crippen molar-refractivity contribution in [3.05, 3.63) is 81.8 Å². The number of hydrogen-bond donors (Lipinski definition) is 1. The number of thiazole rings is 1. The van der Waals surface area contributed by atoms with Gasteiger partial charge in [0, 0.05) is 16.0 Å². The maximum absolute atomic E-state index is 12.4. The minimum atomic E-state index is -0.421. The molecule has 0 spiro atoms. The molecule has 6 heteroatoms. The van der Waals surface area contributed by atoms with E-state index in [2.05, 4.69) is 10.3 Å². The number of carbonyl (C=O) groups is 1. The summed E-state index contributed by atoms with van der Waals surface area (Å²) in [6.45, 7) is 1.88. The molecule has 0 aliphatic carbocycles. The molecule has 0 unspecified atom stereocenters. The standard InChI is InChI=1S/C21H16ClN3OS/c1-14(15-5-3-2-4-6-15)24-20(26)17(12-23)11-19-13-27-21(25-19)16-7-9-18(22)10-8-16/h2-11,13-14H,1H3,(H,24,26)/b17-11+/t14-/m1/s1. The predicted molar refractivity (Wildman–Crippen MR) is 109 cm³/mol. The summed E-state index contributed by atoms with van der Waals surface area (Å²) >= 11 is 7.35. The predicted octanol–water partition coefficient (Wildman–Crippen LogP) is 5.25. The summed E-state index contributed by atoms with van der Waals surface area (Å²) in [7, 11) is 0. The van der Waals surface area contributed by atoms with Gasteiger partial charge < -0.3 is 5.32 Å². The fourth-order valence-electron chi connectivity index (χ4n) is 2.47. The van der Waals surface area contributed by atoms with E-state index in [1.54, 1.807) is 12.1 Å². The van der Waals surface area contributed by atoms with E-state index in [9.17, 15) is 10.1 Å². The first-order chi connectivity index (χ1) is 13.1. The Morgan fingerprint density at radius 2 is 1.93 bits per heavy atom. The van der Waals surface area contributed by atoms with Gasteiger partial charge in [-0.1, -0.05) is 54.1 Å². The lowest BCUT2D eigenvalue weighted by atomic mass is 10.1. The van der Waals surface area contributed by atoms with E-state index in [1.165, 1.54) is 17.4 Å². The van der Waals surface area contributed by atoms with Crippen LogP contribution in [0.4, 0.5) is 0 Å². The molecular weight excluding hydrogens is 378 g/mol. The summed E-state index contributed by atoms with van der Waals surface area (Å²) in [5.41, 5.74) is 2.50. The molecule has 3 rings (SSSR count). The first kappa shape index (κ1) is 18.8. The van der Waals surface area contributed by atoms with Gasteiger partial charge in [0.15, 0.2) is 0 Å². The highest BCUT2D eigenvalue weighted by Crippen LogP contribution is 2.26. The highest BCUT2D eigenvalue weighted by atomic mass is 35.5. The Kier molecular flexibility index (Phi) is 6.02. The molecular formula is C21H16ClN3OS. The lowest BCUT2D eigenvalue weighted by Crippen LogP contribution is -2.27. The van der Waals surface area contributed by atoms with Crippen LogP contribution in [-0.2, 0) is 4.79 Å². The normalized spacial score (nSPS) is 12.3. The molecule has 0 aliphatic rings. The van der Waals surface area contributed by atoms with Crippen molar-refractivity contribution in [2.45, 2.75) is 13.0 Å². The zero-order chi connectivity index (χ0) is 19.2. The number of aromatic nitrogens is 1. The summed E-state index contributed by atoms with van der Waals surface area (Å²) in [6, 6.07) is 18.7. The average molecular weight is 394 g/mol. The van der Waals surface area contributed by atoms with Crippen molar-refractivity contribution >= 4 is 34.9 Å². The molecule has 1 amide bonds. The highest BCUT2D eigenvalue weighted by molar-refractivity contribution is 7.13. The SMILES string of the molecule is C[C@@H](NC(=O)/C(C#N)=C/c1csc(-c2ccc(Cl)cc2)n1)c1ccccc1. The molecule has 0 aliphatic heterocycles. The Hall–Kier alpha value is -2.94. The van der Waals surface area contributed by atoms with Crippen molar-refractivity contribution in [1.29, 1.82) is 5.26 Å². The van der Waals surface area contributed by atoms with Crippen molar-refractivity contribution in [3.8, 4) is 16.6 Å². The van der Waals surface area contributed by atoms with Crippen molar-refractivity contribution in [2.24, 2.45) is 0 Å². The molecule has 0 radical (unpaired) electrons. The summed E-state index contributed by atoms with van der Waals surface area (Å²) in [6.07, 6.45) is 1.50. The number of rotatable bonds is 5. The van der Waals surface area contributed by atoms with Crippen LogP contribution < -0.4 is 5.32 Å². The number of halogens is 1. The van der Waals surface area contributed by atoms with Gasteiger partial charge in [0.05, 0.1) is 11.7 Å². The lowest BCUT2D eigenvalue weighted by molar-refractivity contribution is -0.117. The first-order valence-electron chi connectivity index (χ1n) is 8.26. The first-order valence-corrected chi connectivity index (χ1v) is 9.51. The van der Waals surface area contributed by atoms with Crippen LogP contribution in [0.15, 0.2) is 65.6 Å². The van der Waals surface area contributed by atoms with Gasteiger partial charge in [-0.2, -0.15) is 5.26 Å². The van der Waals surface area contributed by atoms with E-state index in [1.807, 2.05) is 60.8 Å². The molecule has 0 fully saturated rings. The van der Waals surface area contributed by atoms with Crippen molar-refractivity contribution in [3.63, 3.8) is 0 Å². The van der Waals surface area contributed by atoms with Crippen molar-refractivity contribution < 1.29 is 4.79 Å². The van der Waals surface area contributed by atoms with Crippen molar-refractivity contribution in [1.82, 2.24) is 10.3 Å². The van der Waals surface area contributed by atoms with Gasteiger partial charge in [0.25, 0.3) is 5.91 Å². The average Bonchev–Trinajstić information content (AvgIpc) is 3.16. The van der Waals surface area contributed by atoms with Gasteiger partial charge in [0.2, 0.25) is 0 Å². The second-order valence-electron chi connectivity index (χ2n) is 5.86. The fraction of sp³-hybridized carbons (Fsp3) is 0.0952. The van der Waals surface area contributed by atoms with Crippen LogP contribution in [0, 0.1) is 11.3 Å². The molecule has 1 heterocycles. The van der Waals surface area contributed by atoms with Gasteiger partial charge in [-0.15, -0.1) is 11.3 Å². The maximum atomic E-state index is 12.4. The number of nitriles is 1. The highest BCUT2D eigenvalue weighted by Gasteiger charge is 2.14. The topological polar surface area (TPSA) is 65.8 Å². The van der Waals surface area contributed by atoms with Crippen molar-refractivity contribution in [2.75, 3.05) is 0 Å². The van der Waals surface area contributed by atoms with E-state index < -0.39 is 5.91 Å². The number of amides is 1. The minimum absolute atomic E-state index is 0.0192. The van der Waals surface area contributed by atoms with Crippen LogP contribution in [-0.4, -0.2) is 10.9 Å². The van der Waals surface area contributed by atoms with E-state index in [-0.39, 0.29) is 11.6 Å². The van der Waals surface area contributed by atoms with E-state index in [0.29, 0.717) is 10.7 Å². The molecule has 1 atom stereocenters. The summed E-state index contributed by atoms with van der Waals surface area (Å²) in [5, 5.41) is 15.5. The number of benzene rings is 2. The molecule has 2 aromatic carbocycles. The largest absolute Gasteiger partial charge is 0.345 e. The number of carbonyl (C=O) groups excluding carboxylic acids is 1. The zero-order valence-corrected chi connectivity index (χ0v) is 16.1. The van der Waals surface area contributed by atoms with Crippen LogP contribution in [0.3, 0.4) is 0 Å². The Bertz CT molecular complexity index is 1000. The van der Waals surface area contributed by atoms with Gasteiger partial charge in [-0.05, 0) is 30.7 Å². The quantitative estimate of drug-likeness (QED) is 0.475. The summed E-state index contributed by atoms with van der Waals surface area (Å²) in [5.74, 6) is -0.421. The maximum Gasteiger partial charge on any atom is 0.262 e. The van der Waals surface area contributed by atoms with Crippen LogP contribution in [0.2, 0.25) is 5.02 Å². The van der Waals surface area contributed by atoms with E-state index in [4.69, 9.17) is 11.6 Å². The number of nitrogens with one attached hydrogen (secondary N) is 1. The van der Waals surface area contributed by atoms with Crippen LogP contribution in [0.1, 0.15) is 24.2 Å². The van der Waals surface area contributed by atoms with Gasteiger partial charge >= 0.3 is 0 Å². The molecule has 0 saturated heterocycles. The second kappa shape index (κ2) is 8.63. The smallest absolute Gasteiger partial charge is 0.262 e. The molecule has 1 N–H and O–H groups in total. The molecule has 0 saturated carbocycles. The Morgan fingerprint density at radius 1 is 1.22 bits per heavy atom. The minimum Gasteiger partial charge on any atom is -0.345 e. The van der Waals surface area contributed by atoms with Crippen LogP contribution in [0.5, 0.6) is 0 Å². The molecule has 0 bridgehead atoms. The van der Waals surface area contributed by atoms with Gasteiger partial charge in [0.1, 0.15) is 16.6 Å². The second-order valence-corrected chi connectivity index (χ2v) is 7.15. The number of hydrogen-bond acceptors (Lipinski definition) is 4. The third-order valence-corrected chi connectivity index (χ3v) is 5.08. The summed E-state index contributed by atoms with van der Waals surface area (Å²) in [4.78, 5) is 16.9. The fourth-order valence-corrected chi connectivity index (χ4v) is 3.38. The van der Waals surface area contributed by atoms with Gasteiger partial charge in [-0.25, -0.2) is 4.98 Å². The van der Waals surface area contributed by atoms with Gasteiger partial charge in [-0.3, -0.25) is 4.79 Å². The van der Waals surface area contributed by atoms with Crippen LogP contribution >= 0.6 is 22.9 Å².